The van der Waals surface area contributed by atoms with Crippen molar-refractivity contribution in [3.8, 4) is 17.2 Å². The van der Waals surface area contributed by atoms with Crippen molar-refractivity contribution in [2.75, 3.05) is 26.9 Å². The van der Waals surface area contributed by atoms with Crippen LogP contribution in [0, 0.1) is 0 Å². The second kappa shape index (κ2) is 8.50. The molecule has 0 saturated carbocycles. The van der Waals surface area contributed by atoms with E-state index in [1.165, 1.54) is 19.2 Å². The number of carbonyl (C=O) groups excluding carboxylic acids is 2. The van der Waals surface area contributed by atoms with E-state index >= 15 is 0 Å². The maximum Gasteiger partial charge on any atom is 0.338 e. The molecule has 0 aromatic heterocycles. The molecule has 0 amide bonds. The molecule has 0 aliphatic carbocycles. The first-order valence-corrected chi connectivity index (χ1v) is 8.88. The Morgan fingerprint density at radius 2 is 1.67 bits per heavy atom. The number of esters is 1. The van der Waals surface area contributed by atoms with Crippen molar-refractivity contribution in [2.24, 2.45) is 0 Å². The minimum atomic E-state index is -0.718. The summed E-state index contributed by atoms with van der Waals surface area (Å²) in [5, 5.41) is 0.345. The molecule has 8 heteroatoms. The van der Waals surface area contributed by atoms with Gasteiger partial charge in [-0.1, -0.05) is 23.2 Å². The summed E-state index contributed by atoms with van der Waals surface area (Å²) in [5.74, 6) is 0.258. The standard InChI is InChI=1S/C19H16Cl2O6/c1-24-18-13(20)7-12(8-14(18)21)19(23)27-10-15(22)11-3-4-16-17(9-11)26-6-2-5-25-16/h3-4,7-9H,2,5-6,10H2,1H3. The Hall–Kier alpha value is -2.44. The van der Waals surface area contributed by atoms with Gasteiger partial charge in [-0.25, -0.2) is 4.79 Å². The van der Waals surface area contributed by atoms with Gasteiger partial charge in [0.25, 0.3) is 0 Å². The number of rotatable bonds is 5. The van der Waals surface area contributed by atoms with Crippen molar-refractivity contribution < 1.29 is 28.5 Å². The fraction of sp³-hybridized carbons (Fsp3) is 0.263. The molecule has 0 fully saturated rings. The molecule has 6 nitrogen and oxygen atoms in total. The molecule has 1 aliphatic heterocycles. The first-order valence-electron chi connectivity index (χ1n) is 8.12. The number of ketones is 1. The van der Waals surface area contributed by atoms with Crippen molar-refractivity contribution in [1.82, 2.24) is 0 Å². The number of fused-ring (bicyclic) bond motifs is 1. The number of hydrogen-bond acceptors (Lipinski definition) is 6. The first kappa shape index (κ1) is 19.3. The Labute approximate surface area is 165 Å². The number of hydrogen-bond donors (Lipinski definition) is 0. The van der Waals surface area contributed by atoms with Crippen molar-refractivity contribution in [3.05, 3.63) is 51.5 Å². The van der Waals surface area contributed by atoms with Gasteiger partial charge in [0.1, 0.15) is 0 Å². The Bertz CT molecular complexity index is 857. The largest absolute Gasteiger partial charge is 0.494 e. The summed E-state index contributed by atoms with van der Waals surface area (Å²) in [4.78, 5) is 24.5. The zero-order chi connectivity index (χ0) is 19.4. The van der Waals surface area contributed by atoms with Crippen LogP contribution in [0.15, 0.2) is 30.3 Å². The fourth-order valence-electron chi connectivity index (χ4n) is 2.51. The van der Waals surface area contributed by atoms with Crippen LogP contribution in [0.5, 0.6) is 17.2 Å². The van der Waals surface area contributed by atoms with Crippen LogP contribution in [-0.4, -0.2) is 38.7 Å². The van der Waals surface area contributed by atoms with E-state index in [4.69, 9.17) is 42.1 Å². The minimum absolute atomic E-state index is 0.122. The van der Waals surface area contributed by atoms with Crippen molar-refractivity contribution in [1.29, 1.82) is 0 Å². The molecule has 0 spiro atoms. The first-order chi connectivity index (χ1) is 13.0. The zero-order valence-electron chi connectivity index (χ0n) is 14.4. The van der Waals surface area contributed by atoms with Gasteiger partial charge in [-0.2, -0.15) is 0 Å². The van der Waals surface area contributed by atoms with E-state index in [-0.39, 0.29) is 27.1 Å². The highest BCUT2D eigenvalue weighted by Gasteiger charge is 2.18. The summed E-state index contributed by atoms with van der Waals surface area (Å²) in [7, 11) is 1.42. The Kier molecular flexibility index (Phi) is 6.08. The van der Waals surface area contributed by atoms with Gasteiger partial charge in [0, 0.05) is 12.0 Å². The lowest BCUT2D eigenvalue weighted by Gasteiger charge is -2.10. The molecule has 0 bridgehead atoms. The molecule has 2 aromatic carbocycles. The van der Waals surface area contributed by atoms with E-state index in [1.54, 1.807) is 18.2 Å². The predicted molar refractivity (Wildman–Crippen MR) is 99.7 cm³/mol. The number of Topliss-reactive ketones (excluding diaryl/α,β-unsaturated/α-hetero) is 1. The Morgan fingerprint density at radius 3 is 2.33 bits per heavy atom. The molecule has 142 valence electrons. The smallest absolute Gasteiger partial charge is 0.338 e. The molecule has 0 unspecified atom stereocenters. The molecular formula is C19H16Cl2O6. The number of halogens is 2. The Balaban J connectivity index is 1.67. The highest BCUT2D eigenvalue weighted by atomic mass is 35.5. The van der Waals surface area contributed by atoms with Crippen LogP contribution in [0.2, 0.25) is 10.0 Å². The van der Waals surface area contributed by atoms with Crippen LogP contribution in [0.25, 0.3) is 0 Å². The second-order valence-corrected chi connectivity index (χ2v) is 6.50. The van der Waals surface area contributed by atoms with Gasteiger partial charge in [-0.3, -0.25) is 4.79 Å². The summed E-state index contributed by atoms with van der Waals surface area (Å²) in [6.07, 6.45) is 0.766. The molecule has 0 saturated heterocycles. The van der Waals surface area contributed by atoms with Crippen LogP contribution in [0.1, 0.15) is 27.1 Å². The Morgan fingerprint density at radius 1 is 1.00 bits per heavy atom. The number of carbonyl (C=O) groups is 2. The van der Waals surface area contributed by atoms with Gasteiger partial charge < -0.3 is 18.9 Å². The molecule has 2 aromatic rings. The highest BCUT2D eigenvalue weighted by molar-refractivity contribution is 6.37. The van der Waals surface area contributed by atoms with Gasteiger partial charge in [0.15, 0.2) is 29.6 Å². The average molecular weight is 411 g/mol. The topological polar surface area (TPSA) is 71.1 Å². The summed E-state index contributed by atoms with van der Waals surface area (Å²) in [6.45, 7) is 0.642. The van der Waals surface area contributed by atoms with Crippen LogP contribution in [-0.2, 0) is 4.74 Å². The number of methoxy groups -OCH3 is 1. The maximum atomic E-state index is 12.3. The highest BCUT2D eigenvalue weighted by Crippen LogP contribution is 2.34. The predicted octanol–water partition coefficient (Wildman–Crippen LogP) is 4.20. The van der Waals surface area contributed by atoms with Gasteiger partial charge in [-0.05, 0) is 30.3 Å². The summed E-state index contributed by atoms with van der Waals surface area (Å²) < 4.78 is 21.2. The lowest BCUT2D eigenvalue weighted by atomic mass is 10.1. The third-order valence-electron chi connectivity index (χ3n) is 3.84. The zero-order valence-corrected chi connectivity index (χ0v) is 15.9. The average Bonchev–Trinajstić information content (AvgIpc) is 2.90. The molecule has 27 heavy (non-hydrogen) atoms. The summed E-state index contributed by atoms with van der Waals surface area (Å²) in [6, 6.07) is 7.58. The van der Waals surface area contributed by atoms with E-state index < -0.39 is 12.6 Å². The molecular weight excluding hydrogens is 395 g/mol. The van der Waals surface area contributed by atoms with Crippen molar-refractivity contribution in [2.45, 2.75) is 6.42 Å². The molecule has 0 N–H and O–H groups in total. The van der Waals surface area contributed by atoms with Gasteiger partial charge >= 0.3 is 5.97 Å². The lowest BCUT2D eigenvalue weighted by Crippen LogP contribution is -2.14. The summed E-state index contributed by atoms with van der Waals surface area (Å²) >= 11 is 12.0. The third kappa shape index (κ3) is 4.46. The SMILES string of the molecule is COc1c(Cl)cc(C(=O)OCC(=O)c2ccc3c(c2)OCCCO3)cc1Cl. The quantitative estimate of drug-likeness (QED) is 0.543. The molecule has 1 heterocycles. The lowest BCUT2D eigenvalue weighted by molar-refractivity contribution is 0.0474. The van der Waals surface area contributed by atoms with E-state index in [2.05, 4.69) is 0 Å². The van der Waals surface area contributed by atoms with Crippen LogP contribution in [0.4, 0.5) is 0 Å². The van der Waals surface area contributed by atoms with Gasteiger partial charge in [-0.15, -0.1) is 0 Å². The van der Waals surface area contributed by atoms with E-state index in [9.17, 15) is 9.59 Å². The molecule has 0 radical (unpaired) electrons. The summed E-state index contributed by atoms with van der Waals surface area (Å²) in [5.41, 5.74) is 0.482. The van der Waals surface area contributed by atoms with Crippen molar-refractivity contribution in [3.63, 3.8) is 0 Å². The van der Waals surface area contributed by atoms with E-state index in [1.807, 2.05) is 0 Å². The van der Waals surface area contributed by atoms with Crippen LogP contribution in [0.3, 0.4) is 0 Å². The van der Waals surface area contributed by atoms with Gasteiger partial charge in [0.2, 0.25) is 0 Å². The second-order valence-electron chi connectivity index (χ2n) is 5.68. The number of ether oxygens (including phenoxy) is 4. The van der Waals surface area contributed by atoms with E-state index in [0.717, 1.165) is 6.42 Å². The molecule has 3 rings (SSSR count). The third-order valence-corrected chi connectivity index (χ3v) is 4.40. The van der Waals surface area contributed by atoms with Crippen LogP contribution < -0.4 is 14.2 Å². The minimum Gasteiger partial charge on any atom is -0.494 e. The monoisotopic (exact) mass is 410 g/mol. The fourth-order valence-corrected chi connectivity index (χ4v) is 3.15. The number of benzene rings is 2. The molecule has 1 aliphatic rings. The van der Waals surface area contributed by atoms with Gasteiger partial charge in [0.05, 0.1) is 35.9 Å². The molecule has 0 atom stereocenters. The van der Waals surface area contributed by atoms with Crippen molar-refractivity contribution >= 4 is 35.0 Å². The van der Waals surface area contributed by atoms with Crippen LogP contribution >= 0.6 is 23.2 Å². The maximum absolute atomic E-state index is 12.3. The normalized spacial score (nSPS) is 12.9. The van der Waals surface area contributed by atoms with E-state index in [0.29, 0.717) is 30.3 Å².